The fourth-order valence-electron chi connectivity index (χ4n) is 4.88. The largest absolute Gasteiger partial charge is 0.504 e. The standard InChI is InChI=1S/C27H36O14/c1-24(2,37)9-12-20(34)25(3,4)23(36)26(5,6)27(12,38)41-22-19(33)18(32)17(31)15(40-22)10-39-21(35)11-7-13(28)16(30)14(29)8-11/h7-9,15,17-19,22,28-33,37-38H,10H2,1-6H3/b12-9-/t15-,17-,18+,19-,22+,27?/m1/s1. The van der Waals surface area contributed by atoms with Crippen LogP contribution in [0, 0.1) is 10.8 Å². The lowest BCUT2D eigenvalue weighted by molar-refractivity contribution is -0.369. The van der Waals surface area contributed by atoms with Crippen molar-refractivity contribution in [3.63, 3.8) is 0 Å². The molecule has 1 aliphatic heterocycles. The zero-order valence-corrected chi connectivity index (χ0v) is 23.4. The van der Waals surface area contributed by atoms with Gasteiger partial charge >= 0.3 is 5.97 Å². The van der Waals surface area contributed by atoms with Crippen LogP contribution in [-0.4, -0.2) is 107 Å². The lowest BCUT2D eigenvalue weighted by Gasteiger charge is -2.52. The number of Topliss-reactive ketones (excluding diaryl/α,β-unsaturated/α-hetero) is 2. The fraction of sp³-hybridized carbons (Fsp3) is 0.593. The quantitative estimate of drug-likeness (QED) is 0.0683. The van der Waals surface area contributed by atoms with Crippen molar-refractivity contribution in [3.05, 3.63) is 29.3 Å². The first-order valence-electron chi connectivity index (χ1n) is 12.6. The second-order valence-electron chi connectivity index (χ2n) is 11.9. The summed E-state index contributed by atoms with van der Waals surface area (Å²) in [7, 11) is 0. The molecule has 2 aliphatic rings. The van der Waals surface area contributed by atoms with Gasteiger partial charge in [0, 0.05) is 0 Å². The van der Waals surface area contributed by atoms with Gasteiger partial charge in [-0.1, -0.05) is 0 Å². The van der Waals surface area contributed by atoms with E-state index < -0.39 is 105 Å². The maximum Gasteiger partial charge on any atom is 0.338 e. The zero-order chi connectivity index (χ0) is 31.5. The van der Waals surface area contributed by atoms with Gasteiger partial charge in [0.1, 0.15) is 31.0 Å². The molecular formula is C27H36O14. The summed E-state index contributed by atoms with van der Waals surface area (Å²) in [6, 6.07) is 1.60. The molecule has 0 bridgehead atoms. The maximum absolute atomic E-state index is 13.4. The number of aromatic hydroxyl groups is 3. The van der Waals surface area contributed by atoms with Gasteiger partial charge in [-0.3, -0.25) is 9.59 Å². The second kappa shape index (κ2) is 10.6. The third-order valence-electron chi connectivity index (χ3n) is 7.30. The van der Waals surface area contributed by atoms with Crippen LogP contribution in [0.2, 0.25) is 0 Å². The molecule has 1 heterocycles. The summed E-state index contributed by atoms with van der Waals surface area (Å²) in [4.78, 5) is 39.2. The molecule has 0 aromatic heterocycles. The topological polar surface area (TPSA) is 241 Å². The van der Waals surface area contributed by atoms with Crippen LogP contribution in [0.4, 0.5) is 0 Å². The first-order valence-corrected chi connectivity index (χ1v) is 12.6. The molecule has 228 valence electrons. The smallest absolute Gasteiger partial charge is 0.338 e. The molecule has 8 N–H and O–H groups in total. The zero-order valence-electron chi connectivity index (χ0n) is 23.4. The van der Waals surface area contributed by atoms with Crippen molar-refractivity contribution in [2.75, 3.05) is 6.61 Å². The molecule has 14 nitrogen and oxygen atoms in total. The van der Waals surface area contributed by atoms with Gasteiger partial charge in [-0.25, -0.2) is 4.79 Å². The summed E-state index contributed by atoms with van der Waals surface area (Å²) in [5.74, 6) is -8.07. The van der Waals surface area contributed by atoms with Crippen molar-refractivity contribution in [3.8, 4) is 17.2 Å². The number of benzene rings is 1. The van der Waals surface area contributed by atoms with E-state index in [4.69, 9.17) is 14.2 Å². The highest BCUT2D eigenvalue weighted by Crippen LogP contribution is 2.51. The monoisotopic (exact) mass is 584 g/mol. The molecule has 0 radical (unpaired) electrons. The number of esters is 1. The third-order valence-corrected chi connectivity index (χ3v) is 7.30. The minimum Gasteiger partial charge on any atom is -0.504 e. The molecule has 3 rings (SSSR count). The minimum atomic E-state index is -2.81. The van der Waals surface area contributed by atoms with Gasteiger partial charge in [-0.2, -0.15) is 0 Å². The highest BCUT2D eigenvalue weighted by Gasteiger charge is 2.66. The van der Waals surface area contributed by atoms with Crippen molar-refractivity contribution >= 4 is 17.5 Å². The Morgan fingerprint density at radius 3 is 2.05 bits per heavy atom. The molecular weight excluding hydrogens is 548 g/mol. The Morgan fingerprint density at radius 1 is 1.00 bits per heavy atom. The number of ketones is 2. The lowest BCUT2D eigenvalue weighted by Crippen LogP contribution is -2.68. The van der Waals surface area contributed by atoms with E-state index in [1.807, 2.05) is 0 Å². The number of ether oxygens (including phenoxy) is 3. The number of phenols is 3. The number of rotatable bonds is 6. The van der Waals surface area contributed by atoms with E-state index in [1.165, 1.54) is 41.5 Å². The average molecular weight is 585 g/mol. The number of hydrogen-bond donors (Lipinski definition) is 8. The van der Waals surface area contributed by atoms with Gasteiger partial charge in [-0.15, -0.1) is 0 Å². The molecule has 1 aromatic carbocycles. The van der Waals surface area contributed by atoms with Crippen LogP contribution in [0.25, 0.3) is 0 Å². The van der Waals surface area contributed by atoms with Crippen molar-refractivity contribution < 1.29 is 69.4 Å². The highest BCUT2D eigenvalue weighted by molar-refractivity contribution is 6.19. The van der Waals surface area contributed by atoms with Gasteiger partial charge in [-0.05, 0) is 59.8 Å². The van der Waals surface area contributed by atoms with Gasteiger partial charge in [0.25, 0.3) is 0 Å². The molecule has 0 amide bonds. The van der Waals surface area contributed by atoms with Crippen LogP contribution in [0.1, 0.15) is 51.9 Å². The number of phenolic OH excluding ortho intramolecular Hbond substituents is 3. The number of carbonyl (C=O) groups excluding carboxylic acids is 3. The van der Waals surface area contributed by atoms with E-state index in [1.54, 1.807) is 0 Å². The first-order chi connectivity index (χ1) is 18.6. The first kappa shape index (κ1) is 32.4. The maximum atomic E-state index is 13.4. The van der Waals surface area contributed by atoms with Gasteiger partial charge in [0.15, 0.2) is 35.1 Å². The molecule has 6 atom stereocenters. The fourth-order valence-corrected chi connectivity index (χ4v) is 4.88. The average Bonchev–Trinajstić information content (AvgIpc) is 2.87. The summed E-state index contributed by atoms with van der Waals surface area (Å²) in [5.41, 5.74) is -6.09. The van der Waals surface area contributed by atoms with E-state index in [9.17, 15) is 55.2 Å². The third kappa shape index (κ3) is 5.68. The Labute approximate surface area is 235 Å². The Hall–Kier alpha value is -3.11. The van der Waals surface area contributed by atoms with Crippen LogP contribution in [0.3, 0.4) is 0 Å². The summed E-state index contributed by atoms with van der Waals surface area (Å²) in [5, 5.41) is 82.5. The highest BCUT2D eigenvalue weighted by atomic mass is 16.8. The van der Waals surface area contributed by atoms with E-state index in [2.05, 4.69) is 0 Å². The number of aliphatic hydroxyl groups excluding tert-OH is 3. The van der Waals surface area contributed by atoms with Gasteiger partial charge in [0.2, 0.25) is 5.79 Å². The Morgan fingerprint density at radius 2 is 1.54 bits per heavy atom. The molecule has 1 aliphatic carbocycles. The van der Waals surface area contributed by atoms with E-state index in [0.29, 0.717) is 0 Å². The molecule has 14 heteroatoms. The van der Waals surface area contributed by atoms with Crippen molar-refractivity contribution in [2.24, 2.45) is 10.8 Å². The summed E-state index contributed by atoms with van der Waals surface area (Å²) in [6.45, 7) is 7.10. The van der Waals surface area contributed by atoms with Crippen molar-refractivity contribution in [1.29, 1.82) is 0 Å². The Bertz CT molecular complexity index is 1240. The second-order valence-corrected chi connectivity index (χ2v) is 11.9. The van der Waals surface area contributed by atoms with Gasteiger partial charge in [0.05, 0.1) is 27.6 Å². The van der Waals surface area contributed by atoms with Crippen LogP contribution >= 0.6 is 0 Å². The molecule has 0 spiro atoms. The minimum absolute atomic E-state index is 0.393. The summed E-state index contributed by atoms with van der Waals surface area (Å²) < 4.78 is 16.2. The summed E-state index contributed by atoms with van der Waals surface area (Å²) >= 11 is 0. The Kier molecular flexibility index (Phi) is 8.39. The molecule has 2 fully saturated rings. The van der Waals surface area contributed by atoms with Crippen LogP contribution in [0.5, 0.6) is 17.2 Å². The van der Waals surface area contributed by atoms with Crippen LogP contribution in [-0.2, 0) is 23.8 Å². The molecule has 1 aromatic rings. The SMILES string of the molecule is CC(C)(O)/C=C1/C(=O)C(C)(C)C(=O)C(C)(C)C1(O)O[C@@H]1O[C@H](COC(=O)c2cc(O)c(O)c(O)c2)[C@@H](O)[C@H](O)[C@H]1O. The molecule has 1 unspecified atom stereocenters. The number of aliphatic hydroxyl groups is 5. The molecule has 1 saturated carbocycles. The van der Waals surface area contributed by atoms with Crippen LogP contribution in [0.15, 0.2) is 23.8 Å². The molecule has 1 saturated heterocycles. The summed E-state index contributed by atoms with van der Waals surface area (Å²) in [6.07, 6.45) is -8.48. The predicted octanol–water partition coefficient (Wildman–Crippen LogP) is -0.626. The van der Waals surface area contributed by atoms with Crippen molar-refractivity contribution in [1.82, 2.24) is 0 Å². The normalized spacial score (nSPS) is 32.7. The lowest BCUT2D eigenvalue weighted by atomic mass is 9.57. The number of carbonyl (C=O) groups is 3. The van der Waals surface area contributed by atoms with E-state index in [0.717, 1.165) is 18.2 Å². The Balaban J connectivity index is 1.93. The van der Waals surface area contributed by atoms with Crippen molar-refractivity contribution in [2.45, 2.75) is 83.6 Å². The predicted molar refractivity (Wildman–Crippen MR) is 136 cm³/mol. The van der Waals surface area contributed by atoms with E-state index >= 15 is 0 Å². The van der Waals surface area contributed by atoms with Crippen LogP contribution < -0.4 is 0 Å². The number of hydrogen-bond acceptors (Lipinski definition) is 14. The van der Waals surface area contributed by atoms with E-state index in [-0.39, 0.29) is 0 Å². The molecule has 41 heavy (non-hydrogen) atoms. The van der Waals surface area contributed by atoms with Gasteiger partial charge < -0.3 is 55.1 Å².